The average Bonchev–Trinajstić information content (AvgIpc) is 2.71. The molecule has 26 heavy (non-hydrogen) atoms. The van der Waals surface area contributed by atoms with Gasteiger partial charge in [-0.2, -0.15) is 15.0 Å². The van der Waals surface area contributed by atoms with Crippen molar-refractivity contribution < 1.29 is 9.47 Å². The number of aromatic nitrogens is 3. The lowest BCUT2D eigenvalue weighted by Gasteiger charge is -2.30. The van der Waals surface area contributed by atoms with E-state index in [9.17, 15) is 0 Å². The van der Waals surface area contributed by atoms with Crippen LogP contribution in [0.3, 0.4) is 0 Å². The van der Waals surface area contributed by atoms with Gasteiger partial charge < -0.3 is 24.6 Å². The van der Waals surface area contributed by atoms with E-state index in [4.69, 9.17) is 14.5 Å². The highest BCUT2D eigenvalue weighted by Crippen LogP contribution is 2.21. The summed E-state index contributed by atoms with van der Waals surface area (Å²) < 4.78 is 12.1. The summed E-state index contributed by atoms with van der Waals surface area (Å²) in [5.74, 6) is 1.94. The van der Waals surface area contributed by atoms with Crippen molar-refractivity contribution in [3.05, 3.63) is 27.8 Å². The minimum absolute atomic E-state index is 0.559. The number of halogens is 1. The third-order valence-corrected chi connectivity index (χ3v) is 5.02. The zero-order valence-corrected chi connectivity index (χ0v) is 16.6. The summed E-state index contributed by atoms with van der Waals surface area (Å²) in [6, 6.07) is 8.15. The Bertz CT molecular complexity index is 696. The summed E-state index contributed by atoms with van der Waals surface area (Å²) in [5.41, 5.74) is 0.956. The molecular weight excluding hydrogens is 447 g/mol. The van der Waals surface area contributed by atoms with E-state index in [-0.39, 0.29) is 0 Å². The predicted molar refractivity (Wildman–Crippen MR) is 108 cm³/mol. The first-order valence-corrected chi connectivity index (χ1v) is 9.80. The van der Waals surface area contributed by atoms with Gasteiger partial charge in [-0.1, -0.05) is 0 Å². The quantitative estimate of drug-likeness (QED) is 0.683. The third kappa shape index (κ3) is 4.33. The Kier molecular flexibility index (Phi) is 5.65. The van der Waals surface area contributed by atoms with Crippen molar-refractivity contribution in [3.8, 4) is 0 Å². The summed E-state index contributed by atoms with van der Waals surface area (Å²) in [6.45, 7) is 5.92. The van der Waals surface area contributed by atoms with E-state index < -0.39 is 0 Å². The summed E-state index contributed by atoms with van der Waals surface area (Å²) in [6.07, 6.45) is 0. The smallest absolute Gasteiger partial charge is 0.233 e. The molecular formula is C17H21IN6O2. The molecule has 1 N–H and O–H groups in total. The highest BCUT2D eigenvalue weighted by molar-refractivity contribution is 14.1. The molecule has 2 aromatic rings. The molecule has 0 saturated carbocycles. The molecule has 0 radical (unpaired) electrons. The molecule has 2 aliphatic heterocycles. The monoisotopic (exact) mass is 468 g/mol. The van der Waals surface area contributed by atoms with Crippen LogP contribution in [-0.2, 0) is 9.47 Å². The van der Waals surface area contributed by atoms with Crippen LogP contribution in [-0.4, -0.2) is 67.6 Å². The first-order chi connectivity index (χ1) is 12.8. The minimum atomic E-state index is 0.559. The van der Waals surface area contributed by atoms with Crippen LogP contribution in [0, 0.1) is 3.57 Å². The second-order valence-corrected chi connectivity index (χ2v) is 7.34. The number of ether oxygens (including phenoxy) is 2. The summed E-state index contributed by atoms with van der Waals surface area (Å²) in [7, 11) is 0. The lowest BCUT2D eigenvalue weighted by Crippen LogP contribution is -2.40. The number of hydrogen-bond acceptors (Lipinski definition) is 8. The van der Waals surface area contributed by atoms with E-state index in [0.717, 1.165) is 31.9 Å². The first kappa shape index (κ1) is 17.7. The average molecular weight is 468 g/mol. The van der Waals surface area contributed by atoms with Crippen LogP contribution in [0.5, 0.6) is 0 Å². The van der Waals surface area contributed by atoms with Gasteiger partial charge in [0.05, 0.1) is 26.4 Å². The molecule has 2 aliphatic rings. The zero-order chi connectivity index (χ0) is 17.8. The second kappa shape index (κ2) is 8.31. The largest absolute Gasteiger partial charge is 0.378 e. The summed E-state index contributed by atoms with van der Waals surface area (Å²) in [4.78, 5) is 18.3. The molecule has 138 valence electrons. The highest BCUT2D eigenvalue weighted by atomic mass is 127. The van der Waals surface area contributed by atoms with Gasteiger partial charge in [-0.15, -0.1) is 0 Å². The molecule has 0 atom stereocenters. The Hall–Kier alpha value is -1.72. The maximum atomic E-state index is 5.45. The van der Waals surface area contributed by atoms with Gasteiger partial charge in [-0.05, 0) is 46.9 Å². The maximum absolute atomic E-state index is 5.45. The van der Waals surface area contributed by atoms with E-state index in [1.807, 2.05) is 12.1 Å². The topological polar surface area (TPSA) is 75.6 Å². The van der Waals surface area contributed by atoms with Gasteiger partial charge in [0.25, 0.3) is 0 Å². The van der Waals surface area contributed by atoms with Crippen molar-refractivity contribution in [2.45, 2.75) is 0 Å². The van der Waals surface area contributed by atoms with Crippen molar-refractivity contribution in [1.82, 2.24) is 15.0 Å². The lowest BCUT2D eigenvalue weighted by atomic mass is 10.3. The Balaban J connectivity index is 1.63. The second-order valence-electron chi connectivity index (χ2n) is 6.09. The molecule has 0 amide bonds. The van der Waals surface area contributed by atoms with Crippen LogP contribution in [0.15, 0.2) is 24.3 Å². The molecule has 1 aromatic heterocycles. The highest BCUT2D eigenvalue weighted by Gasteiger charge is 2.20. The van der Waals surface area contributed by atoms with E-state index in [2.05, 4.69) is 59.8 Å². The molecule has 8 nitrogen and oxygen atoms in total. The van der Waals surface area contributed by atoms with Crippen molar-refractivity contribution in [2.75, 3.05) is 67.7 Å². The van der Waals surface area contributed by atoms with Gasteiger partial charge in [-0.3, -0.25) is 0 Å². The number of nitrogens with one attached hydrogen (secondary N) is 1. The van der Waals surface area contributed by atoms with Crippen molar-refractivity contribution in [3.63, 3.8) is 0 Å². The van der Waals surface area contributed by atoms with E-state index in [1.165, 1.54) is 3.57 Å². The van der Waals surface area contributed by atoms with Crippen LogP contribution in [0.1, 0.15) is 0 Å². The van der Waals surface area contributed by atoms with Crippen molar-refractivity contribution >= 4 is 46.1 Å². The van der Waals surface area contributed by atoms with Crippen LogP contribution in [0.4, 0.5) is 23.5 Å². The van der Waals surface area contributed by atoms with Gasteiger partial charge >= 0.3 is 0 Å². The molecule has 9 heteroatoms. The fraction of sp³-hybridized carbons (Fsp3) is 0.471. The normalized spacial score (nSPS) is 18.0. The fourth-order valence-corrected chi connectivity index (χ4v) is 3.24. The Morgan fingerprint density at radius 3 is 1.77 bits per heavy atom. The molecule has 0 bridgehead atoms. The third-order valence-electron chi connectivity index (χ3n) is 4.30. The maximum Gasteiger partial charge on any atom is 0.233 e. The molecule has 2 saturated heterocycles. The fourth-order valence-electron chi connectivity index (χ4n) is 2.88. The van der Waals surface area contributed by atoms with Gasteiger partial charge in [0.2, 0.25) is 17.8 Å². The predicted octanol–water partition coefficient (Wildman–Crippen LogP) is 1.89. The Morgan fingerprint density at radius 1 is 0.769 bits per heavy atom. The van der Waals surface area contributed by atoms with Crippen LogP contribution in [0.25, 0.3) is 0 Å². The SMILES string of the molecule is Ic1ccc(Nc2nc(N3CCOCC3)nc(N3CCOCC3)n2)cc1. The molecule has 4 rings (SSSR count). The molecule has 3 heterocycles. The van der Waals surface area contributed by atoms with Crippen LogP contribution in [0.2, 0.25) is 0 Å². The number of hydrogen-bond donors (Lipinski definition) is 1. The number of rotatable bonds is 4. The number of morpholine rings is 2. The van der Waals surface area contributed by atoms with E-state index >= 15 is 0 Å². The zero-order valence-electron chi connectivity index (χ0n) is 14.4. The molecule has 1 aromatic carbocycles. The summed E-state index contributed by atoms with van der Waals surface area (Å²) >= 11 is 2.29. The van der Waals surface area contributed by atoms with Crippen molar-refractivity contribution in [2.24, 2.45) is 0 Å². The van der Waals surface area contributed by atoms with E-state index in [0.29, 0.717) is 44.3 Å². The number of anilines is 4. The molecule has 0 unspecified atom stereocenters. The Morgan fingerprint density at radius 2 is 1.27 bits per heavy atom. The standard InChI is InChI=1S/C17H21IN6O2/c18-13-1-3-14(4-2-13)19-15-20-16(23-5-9-25-10-6-23)22-17(21-15)24-7-11-26-12-8-24/h1-4H,5-12H2,(H,19,20,21,22). The van der Waals surface area contributed by atoms with Gasteiger partial charge in [-0.25, -0.2) is 0 Å². The molecule has 2 fully saturated rings. The van der Waals surface area contributed by atoms with Gasteiger partial charge in [0, 0.05) is 35.4 Å². The lowest BCUT2D eigenvalue weighted by molar-refractivity contribution is 0.121. The van der Waals surface area contributed by atoms with Crippen LogP contribution < -0.4 is 15.1 Å². The molecule has 0 spiro atoms. The first-order valence-electron chi connectivity index (χ1n) is 8.72. The van der Waals surface area contributed by atoms with Crippen LogP contribution >= 0.6 is 22.6 Å². The van der Waals surface area contributed by atoms with E-state index in [1.54, 1.807) is 0 Å². The van der Waals surface area contributed by atoms with Gasteiger partial charge in [0.1, 0.15) is 0 Å². The summed E-state index contributed by atoms with van der Waals surface area (Å²) in [5, 5.41) is 3.31. The number of nitrogens with zero attached hydrogens (tertiary/aromatic N) is 5. The number of benzene rings is 1. The van der Waals surface area contributed by atoms with Crippen molar-refractivity contribution in [1.29, 1.82) is 0 Å². The Labute approximate surface area is 166 Å². The van der Waals surface area contributed by atoms with Gasteiger partial charge in [0.15, 0.2) is 0 Å². The minimum Gasteiger partial charge on any atom is -0.378 e. The molecule has 0 aliphatic carbocycles.